The van der Waals surface area contributed by atoms with Gasteiger partial charge in [-0.05, 0) is 22.9 Å². The highest BCUT2D eigenvalue weighted by atomic mass is 16.3. The lowest BCUT2D eigenvalue weighted by molar-refractivity contribution is 0.102. The molecule has 1 aliphatic rings. The summed E-state index contributed by atoms with van der Waals surface area (Å²) in [6.07, 6.45) is 0. The molecule has 0 spiro atoms. The van der Waals surface area contributed by atoms with Crippen molar-refractivity contribution in [1.82, 2.24) is 30.2 Å². The van der Waals surface area contributed by atoms with Gasteiger partial charge in [-0.25, -0.2) is 4.98 Å². The zero-order valence-electron chi connectivity index (χ0n) is 9.44. The van der Waals surface area contributed by atoms with Gasteiger partial charge in [0.05, 0.1) is 0 Å². The van der Waals surface area contributed by atoms with E-state index in [-0.39, 0.29) is 5.78 Å². The molecule has 1 aromatic carbocycles. The van der Waals surface area contributed by atoms with Gasteiger partial charge in [-0.3, -0.25) is 0 Å². The van der Waals surface area contributed by atoms with Crippen molar-refractivity contribution in [2.45, 2.75) is 12.5 Å². The predicted molar refractivity (Wildman–Crippen MR) is 60.5 cm³/mol. The van der Waals surface area contributed by atoms with Gasteiger partial charge in [-0.15, -0.1) is 5.10 Å². The SMILES string of the molecule is CC1(O)c2ccccc2-c2nn3nnnc3nc21. The summed E-state index contributed by atoms with van der Waals surface area (Å²) in [7, 11) is 0. The highest BCUT2D eigenvalue weighted by Gasteiger charge is 2.40. The summed E-state index contributed by atoms with van der Waals surface area (Å²) in [5.74, 6) is 0.279. The number of benzene rings is 1. The van der Waals surface area contributed by atoms with Crippen LogP contribution in [0.1, 0.15) is 18.2 Å². The van der Waals surface area contributed by atoms with E-state index in [1.54, 1.807) is 6.92 Å². The minimum absolute atomic E-state index is 0.279. The maximum Gasteiger partial charge on any atom is 0.291 e. The smallest absolute Gasteiger partial charge is 0.291 e. The molecular formula is C11H8N6O. The van der Waals surface area contributed by atoms with Crippen LogP contribution in [-0.2, 0) is 5.60 Å². The molecule has 0 bridgehead atoms. The van der Waals surface area contributed by atoms with E-state index in [4.69, 9.17) is 0 Å². The molecule has 0 aliphatic heterocycles. The van der Waals surface area contributed by atoms with Gasteiger partial charge in [-0.1, -0.05) is 34.0 Å². The van der Waals surface area contributed by atoms with Gasteiger partial charge in [-0.2, -0.15) is 0 Å². The normalized spacial score (nSPS) is 21.0. The zero-order valence-corrected chi connectivity index (χ0v) is 9.44. The Kier molecular flexibility index (Phi) is 1.54. The van der Waals surface area contributed by atoms with Crippen LogP contribution in [0.15, 0.2) is 24.3 Å². The van der Waals surface area contributed by atoms with Crippen LogP contribution in [0.5, 0.6) is 0 Å². The highest BCUT2D eigenvalue weighted by Crippen LogP contribution is 2.44. The van der Waals surface area contributed by atoms with Crippen LogP contribution in [0.2, 0.25) is 0 Å². The van der Waals surface area contributed by atoms with Crippen LogP contribution in [-0.4, -0.2) is 35.3 Å². The lowest BCUT2D eigenvalue weighted by Gasteiger charge is -2.17. The van der Waals surface area contributed by atoms with E-state index >= 15 is 0 Å². The van der Waals surface area contributed by atoms with E-state index in [9.17, 15) is 5.11 Å². The van der Waals surface area contributed by atoms with Crippen molar-refractivity contribution >= 4 is 5.78 Å². The molecule has 2 heterocycles. The van der Waals surface area contributed by atoms with Gasteiger partial charge < -0.3 is 5.11 Å². The maximum atomic E-state index is 10.6. The second-order valence-electron chi connectivity index (χ2n) is 4.40. The zero-order chi connectivity index (χ0) is 12.3. The molecule has 4 rings (SSSR count). The second-order valence-corrected chi connectivity index (χ2v) is 4.40. The number of aliphatic hydroxyl groups is 1. The molecule has 7 nitrogen and oxygen atoms in total. The van der Waals surface area contributed by atoms with Crippen molar-refractivity contribution in [2.75, 3.05) is 0 Å². The first kappa shape index (κ1) is 9.60. The van der Waals surface area contributed by atoms with Crippen molar-refractivity contribution in [3.05, 3.63) is 35.5 Å². The molecule has 0 radical (unpaired) electrons. The van der Waals surface area contributed by atoms with E-state index in [1.807, 2.05) is 24.3 Å². The Morgan fingerprint density at radius 1 is 1.28 bits per heavy atom. The van der Waals surface area contributed by atoms with E-state index in [0.29, 0.717) is 11.4 Å². The fourth-order valence-corrected chi connectivity index (χ4v) is 2.37. The summed E-state index contributed by atoms with van der Waals surface area (Å²) in [6.45, 7) is 1.70. The van der Waals surface area contributed by atoms with Crippen LogP contribution < -0.4 is 0 Å². The van der Waals surface area contributed by atoms with Crippen LogP contribution in [0.4, 0.5) is 0 Å². The quantitative estimate of drug-likeness (QED) is 0.601. The van der Waals surface area contributed by atoms with E-state index < -0.39 is 5.60 Å². The molecule has 0 saturated heterocycles. The minimum Gasteiger partial charge on any atom is -0.379 e. The molecule has 3 aromatic rings. The number of rotatable bonds is 0. The van der Waals surface area contributed by atoms with Gasteiger partial charge in [0.1, 0.15) is 17.0 Å². The Morgan fingerprint density at radius 3 is 3.00 bits per heavy atom. The average Bonchev–Trinajstić information content (AvgIpc) is 2.91. The van der Waals surface area contributed by atoms with Crippen molar-refractivity contribution in [1.29, 1.82) is 0 Å². The number of hydrogen-bond donors (Lipinski definition) is 1. The van der Waals surface area contributed by atoms with Crippen molar-refractivity contribution in [2.24, 2.45) is 0 Å². The first-order valence-electron chi connectivity index (χ1n) is 5.47. The van der Waals surface area contributed by atoms with Crippen LogP contribution in [0, 0.1) is 0 Å². The summed E-state index contributed by atoms with van der Waals surface area (Å²) in [5.41, 5.74) is 1.61. The molecule has 1 N–H and O–H groups in total. The van der Waals surface area contributed by atoms with Gasteiger partial charge in [0.15, 0.2) is 0 Å². The minimum atomic E-state index is -1.16. The molecular weight excluding hydrogens is 232 g/mol. The standard InChI is InChI=1S/C11H8N6O/c1-11(18)7-5-3-2-4-6(7)8-9(11)12-10-13-15-16-17(10)14-8/h2-5,18H,1H3. The Balaban J connectivity index is 2.16. The molecule has 18 heavy (non-hydrogen) atoms. The molecule has 88 valence electrons. The lowest BCUT2D eigenvalue weighted by atomic mass is 9.97. The average molecular weight is 240 g/mol. The molecule has 1 unspecified atom stereocenters. The molecule has 0 amide bonds. The molecule has 0 saturated carbocycles. The van der Waals surface area contributed by atoms with E-state index in [2.05, 4.69) is 25.6 Å². The van der Waals surface area contributed by atoms with E-state index in [0.717, 1.165) is 11.1 Å². The van der Waals surface area contributed by atoms with Crippen LogP contribution in [0.25, 0.3) is 17.0 Å². The molecule has 1 aliphatic carbocycles. The van der Waals surface area contributed by atoms with Crippen LogP contribution >= 0.6 is 0 Å². The van der Waals surface area contributed by atoms with Crippen molar-refractivity contribution in [3.8, 4) is 11.3 Å². The Labute approximate surface area is 101 Å². The lowest BCUT2D eigenvalue weighted by Crippen LogP contribution is -2.21. The summed E-state index contributed by atoms with van der Waals surface area (Å²) < 4.78 is 1.26. The monoisotopic (exact) mass is 240 g/mol. The third-order valence-corrected chi connectivity index (χ3v) is 3.24. The van der Waals surface area contributed by atoms with Crippen molar-refractivity contribution in [3.63, 3.8) is 0 Å². The maximum absolute atomic E-state index is 10.6. The van der Waals surface area contributed by atoms with Crippen molar-refractivity contribution < 1.29 is 5.11 Å². The molecule has 2 aromatic heterocycles. The Morgan fingerprint density at radius 2 is 2.11 bits per heavy atom. The summed E-state index contributed by atoms with van der Waals surface area (Å²) in [6, 6.07) is 7.55. The Bertz CT molecular complexity index is 778. The second kappa shape index (κ2) is 2.88. The first-order chi connectivity index (χ1) is 8.68. The van der Waals surface area contributed by atoms with Gasteiger partial charge in [0.2, 0.25) is 0 Å². The predicted octanol–water partition coefficient (Wildman–Crippen LogP) is 0.150. The van der Waals surface area contributed by atoms with E-state index in [1.165, 1.54) is 4.63 Å². The van der Waals surface area contributed by atoms with Gasteiger partial charge >= 0.3 is 0 Å². The Hall–Kier alpha value is -2.41. The highest BCUT2D eigenvalue weighted by molar-refractivity contribution is 5.75. The summed E-state index contributed by atoms with van der Waals surface area (Å²) >= 11 is 0. The number of tetrazole rings is 1. The first-order valence-corrected chi connectivity index (χ1v) is 5.47. The van der Waals surface area contributed by atoms with Gasteiger partial charge in [0.25, 0.3) is 5.78 Å². The molecule has 0 fully saturated rings. The summed E-state index contributed by atoms with van der Waals surface area (Å²) in [4.78, 5) is 4.30. The van der Waals surface area contributed by atoms with Gasteiger partial charge in [0, 0.05) is 5.56 Å². The third-order valence-electron chi connectivity index (χ3n) is 3.24. The summed E-state index contributed by atoms with van der Waals surface area (Å²) in [5, 5.41) is 25.9. The number of nitrogens with zero attached hydrogens (tertiary/aromatic N) is 6. The number of fused-ring (bicyclic) bond motifs is 4. The number of hydrogen-bond acceptors (Lipinski definition) is 6. The fraction of sp³-hybridized carbons (Fsp3) is 0.182. The fourth-order valence-electron chi connectivity index (χ4n) is 2.37. The largest absolute Gasteiger partial charge is 0.379 e. The molecule has 7 heteroatoms. The number of aromatic nitrogens is 6. The third kappa shape index (κ3) is 0.992. The van der Waals surface area contributed by atoms with Crippen LogP contribution in [0.3, 0.4) is 0 Å². The topological polar surface area (TPSA) is 89.1 Å². The molecule has 1 atom stereocenters.